The fourth-order valence-electron chi connectivity index (χ4n) is 1.86. The van der Waals surface area contributed by atoms with Crippen molar-refractivity contribution in [1.82, 2.24) is 9.78 Å². The number of rotatable bonds is 6. The van der Waals surface area contributed by atoms with E-state index in [2.05, 4.69) is 9.84 Å². The molecular weight excluding hydrogens is 252 g/mol. The lowest BCUT2D eigenvalue weighted by Gasteiger charge is -2.21. The van der Waals surface area contributed by atoms with Crippen LogP contribution < -0.4 is 4.90 Å². The van der Waals surface area contributed by atoms with E-state index in [1.165, 1.54) is 11.8 Å². The van der Waals surface area contributed by atoms with Crippen LogP contribution in [0, 0.1) is 17.0 Å². The Morgan fingerprint density at radius 2 is 2.16 bits per heavy atom. The van der Waals surface area contributed by atoms with Gasteiger partial charge in [0.25, 0.3) is 0 Å². The fourth-order valence-corrected chi connectivity index (χ4v) is 1.86. The molecule has 0 bridgehead atoms. The van der Waals surface area contributed by atoms with Gasteiger partial charge in [0.05, 0.1) is 12.0 Å². The Bertz CT molecular complexity index is 483. The molecule has 0 amide bonds. The van der Waals surface area contributed by atoms with Gasteiger partial charge in [-0.3, -0.25) is 14.9 Å². The van der Waals surface area contributed by atoms with Crippen molar-refractivity contribution in [2.45, 2.75) is 27.3 Å². The number of methoxy groups -OCH3 is 1. The van der Waals surface area contributed by atoms with Crippen molar-refractivity contribution in [2.75, 3.05) is 25.1 Å². The first kappa shape index (κ1) is 14.9. The Labute approximate surface area is 111 Å². The molecule has 0 aliphatic heterocycles. The maximum absolute atomic E-state index is 11.4. The van der Waals surface area contributed by atoms with Crippen LogP contribution in [-0.2, 0) is 16.1 Å². The number of hydrogen-bond acceptors (Lipinski definition) is 6. The predicted molar refractivity (Wildman–Crippen MR) is 69.2 cm³/mol. The first-order chi connectivity index (χ1) is 8.96. The third-order valence-electron chi connectivity index (χ3n) is 2.78. The van der Waals surface area contributed by atoms with Gasteiger partial charge < -0.3 is 9.64 Å². The molecule has 0 spiro atoms. The predicted octanol–water partition coefficient (Wildman–Crippen LogP) is 1.12. The van der Waals surface area contributed by atoms with Gasteiger partial charge in [-0.2, -0.15) is 5.10 Å². The van der Waals surface area contributed by atoms with Gasteiger partial charge in [-0.05, 0) is 20.8 Å². The van der Waals surface area contributed by atoms with Crippen LogP contribution in [0.5, 0.6) is 0 Å². The molecule has 106 valence electrons. The number of aryl methyl sites for hydroxylation is 2. The van der Waals surface area contributed by atoms with Gasteiger partial charge in [0.1, 0.15) is 12.2 Å². The van der Waals surface area contributed by atoms with Gasteiger partial charge in [0.2, 0.25) is 5.82 Å². The summed E-state index contributed by atoms with van der Waals surface area (Å²) in [6.07, 6.45) is 0. The number of carbonyl (C=O) groups excluding carboxylic acids is 1. The van der Waals surface area contributed by atoms with Crippen LogP contribution >= 0.6 is 0 Å². The first-order valence-electron chi connectivity index (χ1n) is 5.99. The van der Waals surface area contributed by atoms with E-state index in [-0.39, 0.29) is 12.2 Å². The first-order valence-corrected chi connectivity index (χ1v) is 5.99. The fraction of sp³-hybridized carbons (Fsp3) is 0.636. The molecule has 1 aromatic rings. The van der Waals surface area contributed by atoms with E-state index in [9.17, 15) is 14.9 Å². The van der Waals surface area contributed by atoms with Crippen molar-refractivity contribution < 1.29 is 14.5 Å². The Morgan fingerprint density at radius 3 is 2.58 bits per heavy atom. The second-order valence-corrected chi connectivity index (χ2v) is 3.92. The summed E-state index contributed by atoms with van der Waals surface area (Å²) < 4.78 is 6.13. The van der Waals surface area contributed by atoms with Gasteiger partial charge in [-0.15, -0.1) is 0 Å². The van der Waals surface area contributed by atoms with Gasteiger partial charge in [-0.25, -0.2) is 4.68 Å². The minimum Gasteiger partial charge on any atom is -0.468 e. The van der Waals surface area contributed by atoms with Crippen LogP contribution in [0.1, 0.15) is 19.5 Å². The van der Waals surface area contributed by atoms with Crippen LogP contribution in [-0.4, -0.2) is 40.9 Å². The zero-order valence-electron chi connectivity index (χ0n) is 11.5. The molecule has 1 aromatic heterocycles. The molecular formula is C11H18N4O4. The van der Waals surface area contributed by atoms with Crippen LogP contribution in [0.15, 0.2) is 0 Å². The zero-order valence-corrected chi connectivity index (χ0v) is 11.5. The monoisotopic (exact) mass is 270 g/mol. The van der Waals surface area contributed by atoms with Crippen LogP contribution in [0.3, 0.4) is 0 Å². The van der Waals surface area contributed by atoms with Gasteiger partial charge in [0.15, 0.2) is 0 Å². The normalized spacial score (nSPS) is 10.3. The molecule has 1 rings (SSSR count). The van der Waals surface area contributed by atoms with Crippen LogP contribution in [0.4, 0.5) is 11.5 Å². The average Bonchev–Trinajstić information content (AvgIpc) is 2.72. The molecule has 0 aliphatic rings. The second-order valence-electron chi connectivity index (χ2n) is 3.92. The molecule has 0 N–H and O–H groups in total. The van der Waals surface area contributed by atoms with E-state index >= 15 is 0 Å². The molecule has 0 unspecified atom stereocenters. The van der Waals surface area contributed by atoms with E-state index < -0.39 is 10.9 Å². The number of nitrogens with zero attached hydrogens (tertiary/aromatic N) is 4. The number of aromatic nitrogens is 2. The number of esters is 1. The third kappa shape index (κ3) is 3.01. The highest BCUT2D eigenvalue weighted by Crippen LogP contribution is 2.31. The lowest BCUT2D eigenvalue weighted by molar-refractivity contribution is -0.384. The maximum atomic E-state index is 11.4. The molecule has 0 aliphatic carbocycles. The SMILES string of the molecule is CCN(CC(=O)OC)c1c([N+](=O)[O-])c(C)nn1CC. The van der Waals surface area contributed by atoms with Crippen molar-refractivity contribution in [3.63, 3.8) is 0 Å². The van der Waals surface area contributed by atoms with Crippen molar-refractivity contribution in [2.24, 2.45) is 0 Å². The molecule has 1 heterocycles. The number of anilines is 1. The Balaban J connectivity index is 3.28. The quantitative estimate of drug-likeness (QED) is 0.437. The number of nitro groups is 1. The summed E-state index contributed by atoms with van der Waals surface area (Å²) in [6, 6.07) is 0. The number of ether oxygens (including phenoxy) is 1. The standard InChI is InChI=1S/C11H18N4O4/c1-5-13(7-9(16)19-4)11-10(15(17)18)8(3)12-14(11)6-2/h5-7H2,1-4H3. The highest BCUT2D eigenvalue weighted by molar-refractivity contribution is 5.77. The zero-order chi connectivity index (χ0) is 14.6. The number of carbonyl (C=O) groups is 1. The molecule has 0 atom stereocenters. The lowest BCUT2D eigenvalue weighted by Crippen LogP contribution is -2.32. The smallest absolute Gasteiger partial charge is 0.333 e. The minimum atomic E-state index is -0.468. The van der Waals surface area contributed by atoms with Crippen molar-refractivity contribution in [1.29, 1.82) is 0 Å². The summed E-state index contributed by atoms with van der Waals surface area (Å²) in [5.74, 6) is -0.101. The topological polar surface area (TPSA) is 90.5 Å². The van der Waals surface area contributed by atoms with Crippen molar-refractivity contribution in [3.8, 4) is 0 Å². The number of likely N-dealkylation sites (N-methyl/N-ethyl adjacent to an activating group) is 1. The molecule has 8 heteroatoms. The van der Waals surface area contributed by atoms with Gasteiger partial charge >= 0.3 is 11.7 Å². The van der Waals surface area contributed by atoms with Crippen molar-refractivity contribution >= 4 is 17.5 Å². The Morgan fingerprint density at radius 1 is 1.53 bits per heavy atom. The Kier molecular flexibility index (Phi) is 4.85. The minimum absolute atomic E-state index is 0.0427. The highest BCUT2D eigenvalue weighted by atomic mass is 16.6. The molecule has 0 saturated heterocycles. The molecule has 8 nitrogen and oxygen atoms in total. The van der Waals surface area contributed by atoms with Gasteiger partial charge in [0, 0.05) is 13.1 Å². The summed E-state index contributed by atoms with van der Waals surface area (Å²) in [6.45, 7) is 6.13. The second kappa shape index (κ2) is 6.17. The Hall–Kier alpha value is -2.12. The maximum Gasteiger partial charge on any atom is 0.333 e. The van der Waals surface area contributed by atoms with E-state index in [1.54, 1.807) is 11.8 Å². The van der Waals surface area contributed by atoms with E-state index in [1.807, 2.05) is 13.8 Å². The third-order valence-corrected chi connectivity index (χ3v) is 2.78. The summed E-state index contributed by atoms with van der Waals surface area (Å²) in [5, 5.41) is 15.3. The lowest BCUT2D eigenvalue weighted by atomic mass is 10.3. The van der Waals surface area contributed by atoms with E-state index in [0.717, 1.165) is 0 Å². The van der Waals surface area contributed by atoms with E-state index in [4.69, 9.17) is 0 Å². The van der Waals surface area contributed by atoms with Gasteiger partial charge in [-0.1, -0.05) is 0 Å². The molecule has 19 heavy (non-hydrogen) atoms. The molecule has 0 radical (unpaired) electrons. The van der Waals surface area contributed by atoms with Crippen LogP contribution in [0.2, 0.25) is 0 Å². The summed E-state index contributed by atoms with van der Waals surface area (Å²) in [7, 11) is 1.28. The molecule has 0 aromatic carbocycles. The number of hydrogen-bond donors (Lipinski definition) is 0. The summed E-state index contributed by atoms with van der Waals surface area (Å²) in [5.41, 5.74) is 0.276. The highest BCUT2D eigenvalue weighted by Gasteiger charge is 2.29. The summed E-state index contributed by atoms with van der Waals surface area (Å²) in [4.78, 5) is 23.7. The molecule has 0 fully saturated rings. The average molecular weight is 270 g/mol. The van der Waals surface area contributed by atoms with Crippen molar-refractivity contribution in [3.05, 3.63) is 15.8 Å². The largest absolute Gasteiger partial charge is 0.468 e. The molecule has 0 saturated carbocycles. The van der Waals surface area contributed by atoms with Crippen LogP contribution in [0.25, 0.3) is 0 Å². The summed E-state index contributed by atoms with van der Waals surface area (Å²) >= 11 is 0. The van der Waals surface area contributed by atoms with E-state index in [0.29, 0.717) is 24.6 Å².